The number of rotatable bonds is 8. The molecule has 47 heavy (non-hydrogen) atoms. The van der Waals surface area contributed by atoms with Crippen LogP contribution in [0.3, 0.4) is 0 Å². The zero-order chi connectivity index (χ0) is 31.7. The standard InChI is InChI=1S/C42H38N4O/c1-31(33-15-5-3-6-16-33)43-29-45(41-25-11-9-23-39(41)43)35-19-13-21-37(27-35)47-38-22-14-20-36(28-38)46-30-44(40-24-10-12-26-42(40)46)32(2)34-17-7-4-8-18-34/h3-28,31-32H,29-30H2,1-2H3. The van der Waals surface area contributed by atoms with E-state index in [1.165, 1.54) is 33.9 Å². The highest BCUT2D eigenvalue weighted by molar-refractivity contribution is 5.84. The lowest BCUT2D eigenvalue weighted by Crippen LogP contribution is -2.30. The van der Waals surface area contributed by atoms with E-state index in [1.807, 2.05) is 12.1 Å². The molecule has 6 aromatic carbocycles. The minimum absolute atomic E-state index is 0.242. The molecule has 0 saturated heterocycles. The summed E-state index contributed by atoms with van der Waals surface area (Å²) < 4.78 is 6.56. The second kappa shape index (κ2) is 12.3. The smallest absolute Gasteiger partial charge is 0.129 e. The van der Waals surface area contributed by atoms with Gasteiger partial charge in [0, 0.05) is 23.5 Å². The molecule has 0 N–H and O–H groups in total. The van der Waals surface area contributed by atoms with Crippen LogP contribution in [0.25, 0.3) is 0 Å². The fourth-order valence-corrected chi connectivity index (χ4v) is 6.97. The van der Waals surface area contributed by atoms with Crippen molar-refractivity contribution in [1.29, 1.82) is 0 Å². The Morgan fingerprint density at radius 1 is 0.426 bits per heavy atom. The molecule has 0 saturated carbocycles. The Labute approximate surface area is 277 Å². The monoisotopic (exact) mass is 614 g/mol. The average Bonchev–Trinajstić information content (AvgIpc) is 3.72. The summed E-state index contributed by atoms with van der Waals surface area (Å²) in [7, 11) is 0. The first-order valence-corrected chi connectivity index (χ1v) is 16.4. The minimum Gasteiger partial charge on any atom is -0.457 e. The average molecular weight is 615 g/mol. The molecule has 0 fully saturated rings. The summed E-state index contributed by atoms with van der Waals surface area (Å²) in [5.41, 5.74) is 9.71. The van der Waals surface area contributed by atoms with Crippen molar-refractivity contribution in [3.63, 3.8) is 0 Å². The number of hydrogen-bond donors (Lipinski definition) is 0. The normalized spacial score (nSPS) is 14.9. The van der Waals surface area contributed by atoms with Crippen molar-refractivity contribution in [3.05, 3.63) is 169 Å². The molecule has 0 amide bonds. The Kier molecular flexibility index (Phi) is 7.50. The summed E-state index contributed by atoms with van der Waals surface area (Å²) in [6, 6.07) is 56.2. The third kappa shape index (κ3) is 5.44. The topological polar surface area (TPSA) is 22.2 Å². The van der Waals surface area contributed by atoms with E-state index < -0.39 is 0 Å². The maximum atomic E-state index is 6.56. The number of anilines is 6. The third-order valence-electron chi connectivity index (χ3n) is 9.54. The maximum Gasteiger partial charge on any atom is 0.129 e. The number of para-hydroxylation sites is 4. The molecule has 0 aliphatic carbocycles. The van der Waals surface area contributed by atoms with Crippen molar-refractivity contribution >= 4 is 34.1 Å². The van der Waals surface area contributed by atoms with Crippen LogP contribution in [0.2, 0.25) is 0 Å². The molecular formula is C42H38N4O. The number of ether oxygens (including phenoxy) is 1. The highest BCUT2D eigenvalue weighted by Gasteiger charge is 2.32. The predicted octanol–water partition coefficient (Wildman–Crippen LogP) is 10.8. The highest BCUT2D eigenvalue weighted by atomic mass is 16.5. The fourth-order valence-electron chi connectivity index (χ4n) is 6.97. The molecule has 0 bridgehead atoms. The summed E-state index contributed by atoms with van der Waals surface area (Å²) >= 11 is 0. The van der Waals surface area contributed by atoms with Gasteiger partial charge in [-0.05, 0) is 73.5 Å². The van der Waals surface area contributed by atoms with Gasteiger partial charge in [0.05, 0.1) is 48.2 Å². The van der Waals surface area contributed by atoms with Crippen LogP contribution >= 0.6 is 0 Å². The zero-order valence-electron chi connectivity index (χ0n) is 26.8. The van der Waals surface area contributed by atoms with Crippen LogP contribution in [-0.2, 0) is 0 Å². The molecule has 6 aromatic rings. The van der Waals surface area contributed by atoms with E-state index in [1.54, 1.807) is 0 Å². The molecular weight excluding hydrogens is 576 g/mol. The Morgan fingerprint density at radius 3 is 1.23 bits per heavy atom. The number of hydrogen-bond acceptors (Lipinski definition) is 5. The van der Waals surface area contributed by atoms with Gasteiger partial charge in [-0.25, -0.2) is 0 Å². The third-order valence-corrected chi connectivity index (χ3v) is 9.54. The van der Waals surface area contributed by atoms with Gasteiger partial charge in [0.15, 0.2) is 0 Å². The van der Waals surface area contributed by atoms with Gasteiger partial charge in [0.1, 0.15) is 11.5 Å². The Morgan fingerprint density at radius 2 is 0.809 bits per heavy atom. The SMILES string of the molecule is CC(c1ccccc1)N1CN(c2cccc(Oc3cccc(N4CN(C(C)c5ccccc5)c5ccccc54)c3)c2)c2ccccc21. The Bertz CT molecular complexity index is 1850. The molecule has 5 heteroatoms. The quantitative estimate of drug-likeness (QED) is 0.170. The zero-order valence-corrected chi connectivity index (χ0v) is 26.8. The summed E-state index contributed by atoms with van der Waals surface area (Å²) in [5.74, 6) is 1.63. The molecule has 0 spiro atoms. The second-order valence-corrected chi connectivity index (χ2v) is 12.3. The van der Waals surface area contributed by atoms with Gasteiger partial charge < -0.3 is 24.3 Å². The maximum absolute atomic E-state index is 6.56. The van der Waals surface area contributed by atoms with Crippen LogP contribution < -0.4 is 24.3 Å². The largest absolute Gasteiger partial charge is 0.457 e. The number of benzene rings is 6. The van der Waals surface area contributed by atoms with E-state index in [2.05, 4.69) is 179 Å². The number of fused-ring (bicyclic) bond motifs is 2. The van der Waals surface area contributed by atoms with Crippen molar-refractivity contribution < 1.29 is 4.74 Å². The van der Waals surface area contributed by atoms with Crippen molar-refractivity contribution in [3.8, 4) is 11.5 Å². The lowest BCUT2D eigenvalue weighted by molar-refractivity contribution is 0.483. The van der Waals surface area contributed by atoms with Crippen molar-refractivity contribution in [2.75, 3.05) is 32.9 Å². The van der Waals surface area contributed by atoms with Gasteiger partial charge in [-0.1, -0.05) is 97.1 Å². The molecule has 0 aromatic heterocycles. The van der Waals surface area contributed by atoms with Crippen molar-refractivity contribution in [2.45, 2.75) is 25.9 Å². The Balaban J connectivity index is 1.04. The highest BCUT2D eigenvalue weighted by Crippen LogP contribution is 2.46. The van der Waals surface area contributed by atoms with E-state index in [0.29, 0.717) is 0 Å². The van der Waals surface area contributed by atoms with Crippen LogP contribution in [0.5, 0.6) is 11.5 Å². The van der Waals surface area contributed by atoms with E-state index in [-0.39, 0.29) is 12.1 Å². The molecule has 2 atom stereocenters. The number of nitrogens with zero attached hydrogens (tertiary/aromatic N) is 4. The molecule has 8 rings (SSSR count). The van der Waals surface area contributed by atoms with E-state index in [9.17, 15) is 0 Å². The minimum atomic E-state index is 0.242. The first kappa shape index (κ1) is 28.8. The van der Waals surface area contributed by atoms with Crippen LogP contribution in [0.4, 0.5) is 34.1 Å². The summed E-state index contributed by atoms with van der Waals surface area (Å²) in [6.45, 7) is 6.09. The molecule has 2 unspecified atom stereocenters. The summed E-state index contributed by atoms with van der Waals surface area (Å²) in [5, 5.41) is 0. The molecule has 2 aliphatic rings. The van der Waals surface area contributed by atoms with Gasteiger partial charge in [-0.3, -0.25) is 0 Å². The van der Waals surface area contributed by atoms with Crippen LogP contribution in [0.15, 0.2) is 158 Å². The molecule has 2 heterocycles. The van der Waals surface area contributed by atoms with Gasteiger partial charge in [-0.2, -0.15) is 0 Å². The Hall–Kier alpha value is -5.68. The van der Waals surface area contributed by atoms with E-state index >= 15 is 0 Å². The van der Waals surface area contributed by atoms with E-state index in [0.717, 1.165) is 36.2 Å². The van der Waals surface area contributed by atoms with Gasteiger partial charge in [-0.15, -0.1) is 0 Å². The van der Waals surface area contributed by atoms with Gasteiger partial charge in [0.2, 0.25) is 0 Å². The van der Waals surface area contributed by atoms with Gasteiger partial charge in [0.25, 0.3) is 0 Å². The van der Waals surface area contributed by atoms with Crippen LogP contribution in [0, 0.1) is 0 Å². The first-order chi connectivity index (χ1) is 23.1. The van der Waals surface area contributed by atoms with Crippen molar-refractivity contribution in [2.24, 2.45) is 0 Å². The summed E-state index contributed by atoms with van der Waals surface area (Å²) in [6.07, 6.45) is 0. The predicted molar refractivity (Wildman–Crippen MR) is 195 cm³/mol. The van der Waals surface area contributed by atoms with E-state index in [4.69, 9.17) is 4.74 Å². The van der Waals surface area contributed by atoms with Gasteiger partial charge >= 0.3 is 0 Å². The molecule has 232 valence electrons. The van der Waals surface area contributed by atoms with Crippen LogP contribution in [0.1, 0.15) is 37.1 Å². The molecule has 0 radical (unpaired) electrons. The van der Waals surface area contributed by atoms with Crippen molar-refractivity contribution in [1.82, 2.24) is 0 Å². The van der Waals surface area contributed by atoms with Crippen LogP contribution in [-0.4, -0.2) is 13.3 Å². The fraction of sp³-hybridized carbons (Fsp3) is 0.143. The second-order valence-electron chi connectivity index (χ2n) is 12.3. The lowest BCUT2D eigenvalue weighted by Gasteiger charge is -2.28. The lowest BCUT2D eigenvalue weighted by atomic mass is 10.1. The molecule has 2 aliphatic heterocycles. The molecule has 5 nitrogen and oxygen atoms in total. The first-order valence-electron chi connectivity index (χ1n) is 16.4. The summed E-state index contributed by atoms with van der Waals surface area (Å²) in [4.78, 5) is 9.69.